The van der Waals surface area contributed by atoms with Gasteiger partial charge in [0.1, 0.15) is 18.8 Å². The third-order valence-electron chi connectivity index (χ3n) is 5.35. The van der Waals surface area contributed by atoms with Gasteiger partial charge in [-0.15, -0.1) is 0 Å². The van der Waals surface area contributed by atoms with Crippen molar-refractivity contribution in [2.45, 2.75) is 44.3 Å². The molecule has 0 unspecified atom stereocenters. The van der Waals surface area contributed by atoms with Crippen LogP contribution in [0.2, 0.25) is 0 Å². The van der Waals surface area contributed by atoms with Crippen molar-refractivity contribution in [2.24, 2.45) is 5.92 Å². The fourth-order valence-electron chi connectivity index (χ4n) is 3.80. The Labute approximate surface area is 161 Å². The Morgan fingerprint density at radius 2 is 2.04 bits per heavy atom. The highest BCUT2D eigenvalue weighted by atomic mass is 19.3. The van der Waals surface area contributed by atoms with Crippen molar-refractivity contribution in [1.29, 1.82) is 0 Å². The molecule has 0 radical (unpaired) electrons. The number of nitrogens with zero attached hydrogens (tertiary/aromatic N) is 3. The fourth-order valence-corrected chi connectivity index (χ4v) is 3.80. The number of aromatic nitrogens is 4. The van der Waals surface area contributed by atoms with E-state index in [4.69, 9.17) is 4.74 Å². The summed E-state index contributed by atoms with van der Waals surface area (Å²) in [7, 11) is 0. The predicted octanol–water partition coefficient (Wildman–Crippen LogP) is 4.13. The van der Waals surface area contributed by atoms with Crippen LogP contribution in [-0.4, -0.2) is 38.9 Å². The van der Waals surface area contributed by atoms with Gasteiger partial charge < -0.3 is 10.1 Å². The van der Waals surface area contributed by atoms with Crippen LogP contribution in [0.5, 0.6) is 0 Å². The van der Waals surface area contributed by atoms with Gasteiger partial charge in [0.15, 0.2) is 5.65 Å². The van der Waals surface area contributed by atoms with E-state index < -0.39 is 12.5 Å². The summed E-state index contributed by atoms with van der Waals surface area (Å²) in [5.41, 5.74) is 0.677. The van der Waals surface area contributed by atoms with Crippen LogP contribution in [0.1, 0.15) is 31.7 Å². The van der Waals surface area contributed by atoms with Gasteiger partial charge in [-0.25, -0.2) is 9.97 Å². The highest BCUT2D eigenvalue weighted by Gasteiger charge is 2.35. The summed E-state index contributed by atoms with van der Waals surface area (Å²) in [6, 6.07) is 8.04. The molecule has 6 nitrogen and oxygen atoms in total. The summed E-state index contributed by atoms with van der Waals surface area (Å²) in [6.07, 6.45) is 5.39. The maximum absolute atomic E-state index is 14.4. The third kappa shape index (κ3) is 3.96. The van der Waals surface area contributed by atoms with Crippen LogP contribution >= 0.6 is 0 Å². The zero-order valence-electron chi connectivity index (χ0n) is 15.6. The number of rotatable bonds is 6. The Bertz CT molecular complexity index is 917. The first-order chi connectivity index (χ1) is 13.5. The van der Waals surface area contributed by atoms with Gasteiger partial charge in [-0.2, -0.15) is 13.9 Å². The monoisotopic (exact) mass is 387 g/mol. The maximum atomic E-state index is 14.4. The molecule has 0 bridgehead atoms. The van der Waals surface area contributed by atoms with Gasteiger partial charge in [0.05, 0.1) is 17.7 Å². The van der Waals surface area contributed by atoms with Crippen molar-refractivity contribution in [2.75, 3.05) is 11.9 Å². The molecular formula is C20H23F2N5O. The lowest BCUT2D eigenvalue weighted by molar-refractivity contribution is -0.121. The quantitative estimate of drug-likeness (QED) is 0.665. The third-order valence-corrected chi connectivity index (χ3v) is 5.35. The number of nitrogens with one attached hydrogen (secondary N) is 2. The number of benzene rings is 1. The second-order valence-electron chi connectivity index (χ2n) is 7.41. The van der Waals surface area contributed by atoms with Crippen molar-refractivity contribution in [3.63, 3.8) is 0 Å². The Balaban J connectivity index is 1.33. The Kier molecular flexibility index (Phi) is 5.21. The lowest BCUT2D eigenvalue weighted by atomic mass is 9.84. The van der Waals surface area contributed by atoms with Gasteiger partial charge >= 0.3 is 0 Å². The average molecular weight is 387 g/mol. The van der Waals surface area contributed by atoms with E-state index >= 15 is 0 Å². The molecule has 2 aromatic heterocycles. The second kappa shape index (κ2) is 7.79. The zero-order valence-corrected chi connectivity index (χ0v) is 15.6. The van der Waals surface area contributed by atoms with Crippen LogP contribution in [0.4, 0.5) is 14.6 Å². The van der Waals surface area contributed by atoms with E-state index in [0.29, 0.717) is 5.65 Å². The lowest BCUT2D eigenvalue weighted by Gasteiger charge is -2.35. The van der Waals surface area contributed by atoms with Gasteiger partial charge in [-0.05, 0) is 25.2 Å². The zero-order chi connectivity index (χ0) is 19.6. The molecule has 1 aromatic carbocycles. The highest BCUT2D eigenvalue weighted by Crippen LogP contribution is 2.33. The predicted molar refractivity (Wildman–Crippen MR) is 102 cm³/mol. The van der Waals surface area contributed by atoms with E-state index in [-0.39, 0.29) is 23.6 Å². The molecule has 148 valence electrons. The first-order valence-electron chi connectivity index (χ1n) is 9.48. The van der Waals surface area contributed by atoms with Crippen molar-refractivity contribution in [1.82, 2.24) is 20.2 Å². The summed E-state index contributed by atoms with van der Waals surface area (Å²) in [5, 5.41) is 11.1. The van der Waals surface area contributed by atoms with Gasteiger partial charge in [0.25, 0.3) is 5.92 Å². The number of fused-ring (bicyclic) bond motifs is 1. The Hall–Kier alpha value is -2.61. The van der Waals surface area contributed by atoms with Crippen LogP contribution < -0.4 is 5.32 Å². The van der Waals surface area contributed by atoms with Gasteiger partial charge in [0.2, 0.25) is 0 Å². The summed E-state index contributed by atoms with van der Waals surface area (Å²) in [5.74, 6) is -2.07. The largest absolute Gasteiger partial charge is 0.371 e. The van der Waals surface area contributed by atoms with Crippen molar-refractivity contribution < 1.29 is 13.5 Å². The highest BCUT2D eigenvalue weighted by molar-refractivity contribution is 5.85. The minimum absolute atomic E-state index is 0.00843. The summed E-state index contributed by atoms with van der Waals surface area (Å²) < 4.78 is 34.4. The minimum Gasteiger partial charge on any atom is -0.371 e. The number of alkyl halides is 2. The number of ether oxygens (including phenoxy) is 1. The first kappa shape index (κ1) is 18.7. The smallest absolute Gasteiger partial charge is 0.296 e. The number of halogens is 2. The molecular weight excluding hydrogens is 364 g/mol. The first-order valence-corrected chi connectivity index (χ1v) is 9.48. The molecule has 0 amide bonds. The molecule has 3 aromatic rings. The lowest BCUT2D eigenvalue weighted by Crippen LogP contribution is -2.38. The van der Waals surface area contributed by atoms with Crippen LogP contribution in [0.25, 0.3) is 11.0 Å². The molecule has 8 heteroatoms. The van der Waals surface area contributed by atoms with E-state index in [0.717, 1.165) is 30.5 Å². The number of anilines is 1. The summed E-state index contributed by atoms with van der Waals surface area (Å²) in [6.45, 7) is 1.46. The van der Waals surface area contributed by atoms with Crippen molar-refractivity contribution in [3.05, 3.63) is 48.4 Å². The normalized spacial score (nSPS) is 23.0. The van der Waals surface area contributed by atoms with Crippen LogP contribution in [0.15, 0.2) is 42.9 Å². The topological polar surface area (TPSA) is 75.7 Å². The molecule has 0 saturated heterocycles. The molecule has 1 aliphatic carbocycles. The molecule has 4 rings (SSSR count). The molecule has 28 heavy (non-hydrogen) atoms. The van der Waals surface area contributed by atoms with Crippen LogP contribution in [0, 0.1) is 5.92 Å². The summed E-state index contributed by atoms with van der Waals surface area (Å²) in [4.78, 5) is 8.44. The van der Waals surface area contributed by atoms with E-state index in [9.17, 15) is 8.78 Å². The van der Waals surface area contributed by atoms with Gasteiger partial charge in [-0.3, -0.25) is 5.10 Å². The summed E-state index contributed by atoms with van der Waals surface area (Å²) >= 11 is 0. The molecule has 1 saturated carbocycles. The Morgan fingerprint density at radius 1 is 1.21 bits per heavy atom. The van der Waals surface area contributed by atoms with Crippen molar-refractivity contribution >= 4 is 16.9 Å². The van der Waals surface area contributed by atoms with E-state index in [1.807, 2.05) is 6.92 Å². The molecule has 2 heterocycles. The number of H-pyrrole nitrogens is 1. The SMILES string of the molecule is C[C@@H]1C[C@H](Nc2ncnc3[nH]ncc23)CC[C@H]1OCC(F)(F)c1ccccc1. The van der Waals surface area contributed by atoms with Gasteiger partial charge in [-0.1, -0.05) is 37.3 Å². The number of hydrogen-bond donors (Lipinski definition) is 2. The molecule has 1 fully saturated rings. The second-order valence-corrected chi connectivity index (χ2v) is 7.41. The van der Waals surface area contributed by atoms with Crippen LogP contribution in [-0.2, 0) is 10.7 Å². The van der Waals surface area contributed by atoms with Crippen LogP contribution in [0.3, 0.4) is 0 Å². The Morgan fingerprint density at radius 3 is 2.82 bits per heavy atom. The minimum atomic E-state index is -2.98. The van der Waals surface area contributed by atoms with Crippen molar-refractivity contribution in [3.8, 4) is 0 Å². The fraction of sp³-hybridized carbons (Fsp3) is 0.450. The molecule has 2 N–H and O–H groups in total. The maximum Gasteiger partial charge on any atom is 0.296 e. The number of hydrogen-bond acceptors (Lipinski definition) is 5. The molecule has 1 aliphatic rings. The average Bonchev–Trinajstić information content (AvgIpc) is 3.18. The standard InChI is InChI=1S/C20H23F2N5O/c1-13-9-15(26-18-16-10-25-27-19(16)24-12-23-18)7-8-17(13)28-11-20(21,22)14-5-3-2-4-6-14/h2-6,10,12-13,15,17H,7-9,11H2,1H3,(H2,23,24,25,26,27)/t13-,15-,17-/m1/s1. The number of aromatic amines is 1. The molecule has 0 spiro atoms. The van der Waals surface area contributed by atoms with Gasteiger partial charge in [0, 0.05) is 11.6 Å². The van der Waals surface area contributed by atoms with E-state index in [1.165, 1.54) is 18.5 Å². The van der Waals surface area contributed by atoms with E-state index in [2.05, 4.69) is 25.5 Å². The molecule has 0 aliphatic heterocycles. The van der Waals surface area contributed by atoms with E-state index in [1.54, 1.807) is 24.4 Å². The molecule has 3 atom stereocenters.